The smallest absolute Gasteiger partial charge is 0.314 e. The average Bonchev–Trinajstić information content (AvgIpc) is 3.24. The summed E-state index contributed by atoms with van der Waals surface area (Å²) in [6.45, 7) is 5.30. The fourth-order valence-corrected chi connectivity index (χ4v) is 4.22. The summed E-state index contributed by atoms with van der Waals surface area (Å²) in [7, 11) is 0. The Labute approximate surface area is 140 Å². The number of esters is 1. The Morgan fingerprint density at radius 2 is 2.12 bits per heavy atom. The molecule has 3 rings (SSSR count). The minimum atomic E-state index is -1.12. The van der Waals surface area contributed by atoms with Crippen LogP contribution >= 0.6 is 0 Å². The van der Waals surface area contributed by atoms with E-state index in [0.717, 1.165) is 11.8 Å². The molecular formula is C18H22N2O4. The predicted octanol–water partition coefficient (Wildman–Crippen LogP) is 0.875. The van der Waals surface area contributed by atoms with Crippen LogP contribution in [0.3, 0.4) is 0 Å². The zero-order chi connectivity index (χ0) is 17.5. The van der Waals surface area contributed by atoms with Gasteiger partial charge in [-0.1, -0.05) is 36.9 Å². The summed E-state index contributed by atoms with van der Waals surface area (Å²) in [5.74, 6) is -2.22. The number of benzene rings is 1. The first-order chi connectivity index (χ1) is 11.4. The number of aliphatic hydroxyl groups is 1. The van der Waals surface area contributed by atoms with E-state index in [9.17, 15) is 14.7 Å². The number of ether oxygens (including phenoxy) is 1. The van der Waals surface area contributed by atoms with Gasteiger partial charge in [-0.05, 0) is 12.5 Å². The van der Waals surface area contributed by atoms with Gasteiger partial charge in [0.25, 0.3) is 0 Å². The fourth-order valence-electron chi connectivity index (χ4n) is 4.22. The maximum atomic E-state index is 12.3. The van der Waals surface area contributed by atoms with Crippen molar-refractivity contribution in [2.24, 2.45) is 23.5 Å². The van der Waals surface area contributed by atoms with Crippen molar-refractivity contribution in [3.8, 4) is 0 Å². The van der Waals surface area contributed by atoms with Crippen LogP contribution in [-0.4, -0.2) is 28.6 Å². The van der Waals surface area contributed by atoms with Crippen molar-refractivity contribution in [3.05, 3.63) is 48.7 Å². The van der Waals surface area contributed by atoms with E-state index in [1.807, 2.05) is 37.3 Å². The third-order valence-electron chi connectivity index (χ3n) is 5.30. The van der Waals surface area contributed by atoms with Crippen LogP contribution in [0, 0.1) is 17.8 Å². The lowest BCUT2D eigenvalue weighted by Crippen LogP contribution is -2.58. The standard InChI is InChI=1S/C18H22N2O4/c1-3-24-16(22)14-13-12(21)9-18(15(13)14,17(19)23)20-10(2)11-7-5-4-6-8-11/h3-8,10,12-15,20-21H,1,9H2,2H3,(H2,19,23)/t10-,12+,13+,14+,15+,18+/m1/s1. The lowest BCUT2D eigenvalue weighted by Gasteiger charge is -2.34. The maximum Gasteiger partial charge on any atom is 0.314 e. The normalized spacial score (nSPS) is 34.9. The van der Waals surface area contributed by atoms with Crippen molar-refractivity contribution in [1.82, 2.24) is 5.32 Å². The molecule has 0 bridgehead atoms. The Bertz CT molecular complexity index is 662. The molecule has 1 aromatic carbocycles. The van der Waals surface area contributed by atoms with E-state index in [1.54, 1.807) is 0 Å². The molecular weight excluding hydrogens is 308 g/mol. The number of rotatable bonds is 6. The largest absolute Gasteiger partial charge is 0.435 e. The highest BCUT2D eigenvalue weighted by Gasteiger charge is 2.74. The third kappa shape index (κ3) is 2.52. The van der Waals surface area contributed by atoms with Gasteiger partial charge < -0.3 is 15.6 Å². The second kappa shape index (κ2) is 6.03. The molecule has 1 amide bonds. The molecule has 0 aliphatic heterocycles. The molecule has 0 heterocycles. The van der Waals surface area contributed by atoms with Crippen LogP contribution in [0.2, 0.25) is 0 Å². The van der Waals surface area contributed by atoms with Crippen molar-refractivity contribution in [2.75, 3.05) is 0 Å². The van der Waals surface area contributed by atoms with E-state index in [0.29, 0.717) is 0 Å². The highest BCUT2D eigenvalue weighted by atomic mass is 16.5. The fraction of sp³-hybridized carbons (Fsp3) is 0.444. The van der Waals surface area contributed by atoms with Crippen LogP contribution in [0.5, 0.6) is 0 Å². The zero-order valence-corrected chi connectivity index (χ0v) is 13.5. The molecule has 2 aliphatic carbocycles. The average molecular weight is 330 g/mol. The highest BCUT2D eigenvalue weighted by Crippen LogP contribution is 2.63. The van der Waals surface area contributed by atoms with E-state index in [-0.39, 0.29) is 24.3 Å². The van der Waals surface area contributed by atoms with E-state index in [4.69, 9.17) is 10.5 Å². The van der Waals surface area contributed by atoms with Gasteiger partial charge in [0.2, 0.25) is 5.91 Å². The lowest BCUT2D eigenvalue weighted by atomic mass is 9.87. The van der Waals surface area contributed by atoms with Crippen LogP contribution in [0.4, 0.5) is 0 Å². The number of amides is 1. The molecule has 6 nitrogen and oxygen atoms in total. The van der Waals surface area contributed by atoms with Crippen molar-refractivity contribution in [2.45, 2.75) is 31.0 Å². The van der Waals surface area contributed by atoms with Crippen LogP contribution < -0.4 is 11.1 Å². The van der Waals surface area contributed by atoms with Gasteiger partial charge in [-0.2, -0.15) is 0 Å². The van der Waals surface area contributed by atoms with Crippen molar-refractivity contribution < 1.29 is 19.4 Å². The summed E-state index contributed by atoms with van der Waals surface area (Å²) in [5, 5.41) is 13.6. The molecule has 0 aromatic heterocycles. The molecule has 4 N–H and O–H groups in total. The Morgan fingerprint density at radius 1 is 1.46 bits per heavy atom. The van der Waals surface area contributed by atoms with Gasteiger partial charge >= 0.3 is 5.97 Å². The summed E-state index contributed by atoms with van der Waals surface area (Å²) in [6, 6.07) is 9.49. The van der Waals surface area contributed by atoms with Crippen LogP contribution in [-0.2, 0) is 14.3 Å². The Hall–Kier alpha value is -2.18. The number of hydrogen-bond acceptors (Lipinski definition) is 5. The molecule has 0 saturated heterocycles. The molecule has 0 unspecified atom stereocenters. The van der Waals surface area contributed by atoms with Gasteiger partial charge in [-0.25, -0.2) is 0 Å². The number of carbonyl (C=O) groups excluding carboxylic acids is 2. The molecule has 24 heavy (non-hydrogen) atoms. The molecule has 128 valence electrons. The predicted molar refractivity (Wildman–Crippen MR) is 87.3 cm³/mol. The molecule has 2 aliphatic rings. The van der Waals surface area contributed by atoms with Gasteiger partial charge in [-0.3, -0.25) is 14.9 Å². The minimum Gasteiger partial charge on any atom is -0.435 e. The second-order valence-corrected chi connectivity index (χ2v) is 6.62. The molecule has 6 atom stereocenters. The quantitative estimate of drug-likeness (QED) is 0.531. The number of nitrogens with one attached hydrogen (secondary N) is 1. The summed E-state index contributed by atoms with van der Waals surface area (Å²) in [4.78, 5) is 24.3. The summed E-state index contributed by atoms with van der Waals surface area (Å²) < 4.78 is 4.85. The second-order valence-electron chi connectivity index (χ2n) is 6.62. The number of hydrogen-bond donors (Lipinski definition) is 3. The van der Waals surface area contributed by atoms with Crippen LogP contribution in [0.25, 0.3) is 0 Å². The number of carbonyl (C=O) groups is 2. The van der Waals surface area contributed by atoms with Crippen molar-refractivity contribution >= 4 is 11.9 Å². The third-order valence-corrected chi connectivity index (χ3v) is 5.30. The summed E-state index contributed by atoms with van der Waals surface area (Å²) >= 11 is 0. The van der Waals surface area contributed by atoms with Gasteiger partial charge in [0.1, 0.15) is 5.54 Å². The van der Waals surface area contributed by atoms with E-state index in [1.165, 1.54) is 0 Å². The van der Waals surface area contributed by atoms with Gasteiger partial charge in [-0.15, -0.1) is 0 Å². The Kier molecular flexibility index (Phi) is 4.19. The van der Waals surface area contributed by atoms with Crippen LogP contribution in [0.15, 0.2) is 43.2 Å². The monoisotopic (exact) mass is 330 g/mol. The number of nitrogens with two attached hydrogens (primary N) is 1. The Morgan fingerprint density at radius 3 is 2.71 bits per heavy atom. The summed E-state index contributed by atoms with van der Waals surface area (Å²) in [5.41, 5.74) is 5.57. The molecule has 0 radical (unpaired) electrons. The van der Waals surface area contributed by atoms with E-state index < -0.39 is 29.4 Å². The van der Waals surface area contributed by atoms with E-state index >= 15 is 0 Å². The SMILES string of the molecule is C=COC(=O)[C@H]1[C@H]2[C@@H]1[C@](N[C@H](C)c1ccccc1)(C(N)=O)C[C@@H]2O. The lowest BCUT2D eigenvalue weighted by molar-refractivity contribution is -0.141. The zero-order valence-electron chi connectivity index (χ0n) is 13.5. The first kappa shape index (κ1) is 16.7. The topological polar surface area (TPSA) is 102 Å². The highest BCUT2D eigenvalue weighted by molar-refractivity contribution is 5.90. The Balaban J connectivity index is 1.85. The number of fused-ring (bicyclic) bond motifs is 1. The first-order valence-corrected chi connectivity index (χ1v) is 8.04. The van der Waals surface area contributed by atoms with Gasteiger partial charge in [0, 0.05) is 24.3 Å². The molecule has 2 fully saturated rings. The van der Waals surface area contributed by atoms with Gasteiger partial charge in [0.15, 0.2) is 0 Å². The minimum absolute atomic E-state index is 0.152. The first-order valence-electron chi connectivity index (χ1n) is 8.04. The molecule has 2 saturated carbocycles. The van der Waals surface area contributed by atoms with E-state index in [2.05, 4.69) is 11.9 Å². The number of aliphatic hydroxyl groups excluding tert-OH is 1. The summed E-state index contributed by atoms with van der Waals surface area (Å²) in [6.07, 6.45) is 0.502. The van der Waals surface area contributed by atoms with Crippen molar-refractivity contribution in [1.29, 1.82) is 0 Å². The van der Waals surface area contributed by atoms with Crippen LogP contribution in [0.1, 0.15) is 24.9 Å². The van der Waals surface area contributed by atoms with Gasteiger partial charge in [0.05, 0.1) is 18.3 Å². The maximum absolute atomic E-state index is 12.3. The number of primary amides is 1. The molecule has 1 aromatic rings. The molecule has 6 heteroatoms. The van der Waals surface area contributed by atoms with Crippen molar-refractivity contribution in [3.63, 3.8) is 0 Å². The molecule has 0 spiro atoms.